The molecule has 0 radical (unpaired) electrons. The Morgan fingerprint density at radius 3 is 2.45 bits per heavy atom. The third-order valence-electron chi connectivity index (χ3n) is 2.72. The minimum atomic E-state index is -0.499. The van der Waals surface area contributed by atoms with Crippen LogP contribution in [0.1, 0.15) is 0 Å². The lowest BCUT2D eigenvalue weighted by atomic mass is 10.3. The molecule has 0 aliphatic carbocycles. The lowest BCUT2D eigenvalue weighted by Gasteiger charge is -2.03. The van der Waals surface area contributed by atoms with E-state index in [1.165, 1.54) is 4.80 Å². The van der Waals surface area contributed by atoms with E-state index >= 15 is 0 Å². The first-order chi connectivity index (χ1) is 9.76. The molecule has 0 bridgehead atoms. The van der Waals surface area contributed by atoms with Crippen LogP contribution in [0.2, 0.25) is 0 Å². The van der Waals surface area contributed by atoms with E-state index in [1.807, 2.05) is 30.3 Å². The van der Waals surface area contributed by atoms with Crippen molar-refractivity contribution in [1.82, 2.24) is 15.0 Å². The van der Waals surface area contributed by atoms with Gasteiger partial charge in [0.1, 0.15) is 16.8 Å². The highest BCUT2D eigenvalue weighted by atomic mass is 16.5. The molecular weight excluding hydrogens is 254 g/mol. The minimum absolute atomic E-state index is 0.425. The molecule has 0 amide bonds. The number of ether oxygens (including phenoxy) is 1. The summed E-state index contributed by atoms with van der Waals surface area (Å²) < 4.78 is 5.07. The zero-order chi connectivity index (χ0) is 13.9. The van der Waals surface area contributed by atoms with Gasteiger partial charge in [-0.25, -0.2) is 4.79 Å². The summed E-state index contributed by atoms with van der Waals surface area (Å²) in [4.78, 5) is 12.7. The fourth-order valence-corrected chi connectivity index (χ4v) is 1.80. The van der Waals surface area contributed by atoms with Crippen molar-refractivity contribution in [2.75, 3.05) is 0 Å². The summed E-state index contributed by atoms with van der Waals surface area (Å²) in [6.45, 7) is 3.36. The Morgan fingerprint density at radius 2 is 1.80 bits per heavy atom. The molecule has 0 atom stereocenters. The van der Waals surface area contributed by atoms with E-state index in [1.54, 1.807) is 18.2 Å². The number of fused-ring (bicyclic) bond motifs is 1. The summed E-state index contributed by atoms with van der Waals surface area (Å²) in [6.07, 6.45) is 1.12. The first-order valence-electron chi connectivity index (χ1n) is 6.03. The van der Waals surface area contributed by atoms with E-state index in [0.29, 0.717) is 5.75 Å². The molecule has 0 N–H and O–H groups in total. The molecule has 3 rings (SSSR count). The number of hydrogen-bond acceptors (Lipinski definition) is 4. The number of carbonyl (C=O) groups is 1. The Morgan fingerprint density at radius 1 is 1.10 bits per heavy atom. The number of benzene rings is 2. The first-order valence-corrected chi connectivity index (χ1v) is 6.03. The molecule has 3 aromatic rings. The fraction of sp³-hybridized carbons (Fsp3) is 0. The molecule has 0 unspecified atom stereocenters. The average Bonchev–Trinajstić information content (AvgIpc) is 2.91. The van der Waals surface area contributed by atoms with Gasteiger partial charge in [-0.15, -0.1) is 10.2 Å². The van der Waals surface area contributed by atoms with Crippen LogP contribution in [0.3, 0.4) is 0 Å². The standard InChI is InChI=1S/C15H11N3O2/c1-2-15(19)20-12-7-5-6-11(10-12)18-16-13-8-3-4-9-14(13)17-18/h2-10H,1H2. The van der Waals surface area contributed by atoms with E-state index in [9.17, 15) is 4.79 Å². The normalized spacial score (nSPS) is 10.4. The van der Waals surface area contributed by atoms with Gasteiger partial charge in [-0.3, -0.25) is 0 Å². The molecule has 0 fully saturated rings. The molecule has 0 aliphatic rings. The van der Waals surface area contributed by atoms with Crippen molar-refractivity contribution in [1.29, 1.82) is 0 Å². The topological polar surface area (TPSA) is 57.0 Å². The molecule has 5 heteroatoms. The van der Waals surface area contributed by atoms with Gasteiger partial charge in [-0.2, -0.15) is 4.80 Å². The van der Waals surface area contributed by atoms with E-state index in [4.69, 9.17) is 4.74 Å². The predicted octanol–water partition coefficient (Wildman–Crippen LogP) is 2.51. The Balaban J connectivity index is 1.99. The highest BCUT2D eigenvalue weighted by molar-refractivity contribution is 5.83. The van der Waals surface area contributed by atoms with Crippen molar-refractivity contribution in [3.63, 3.8) is 0 Å². The van der Waals surface area contributed by atoms with Crippen molar-refractivity contribution in [2.45, 2.75) is 0 Å². The van der Waals surface area contributed by atoms with Crippen LogP contribution >= 0.6 is 0 Å². The molecule has 0 aliphatic heterocycles. The zero-order valence-electron chi connectivity index (χ0n) is 10.6. The molecule has 0 saturated carbocycles. The predicted molar refractivity (Wildman–Crippen MR) is 74.7 cm³/mol. The summed E-state index contributed by atoms with van der Waals surface area (Å²) in [6, 6.07) is 14.6. The Bertz CT molecular complexity index is 759. The summed E-state index contributed by atoms with van der Waals surface area (Å²) in [5, 5.41) is 8.74. The lowest BCUT2D eigenvalue weighted by Crippen LogP contribution is -2.04. The van der Waals surface area contributed by atoms with Gasteiger partial charge in [0.25, 0.3) is 0 Å². The third-order valence-corrected chi connectivity index (χ3v) is 2.72. The molecule has 2 aromatic carbocycles. The van der Waals surface area contributed by atoms with Crippen LogP contribution in [0.4, 0.5) is 0 Å². The number of carbonyl (C=O) groups excluding carboxylic acids is 1. The van der Waals surface area contributed by atoms with Crippen molar-refractivity contribution in [2.24, 2.45) is 0 Å². The van der Waals surface area contributed by atoms with Gasteiger partial charge < -0.3 is 4.74 Å². The third kappa shape index (κ3) is 2.29. The van der Waals surface area contributed by atoms with Crippen LogP contribution in [-0.2, 0) is 4.79 Å². The van der Waals surface area contributed by atoms with Crippen LogP contribution < -0.4 is 4.74 Å². The number of aromatic nitrogens is 3. The van der Waals surface area contributed by atoms with Crippen LogP contribution in [0.15, 0.2) is 61.2 Å². The monoisotopic (exact) mass is 265 g/mol. The highest BCUT2D eigenvalue weighted by Crippen LogP contribution is 2.17. The minimum Gasteiger partial charge on any atom is -0.423 e. The SMILES string of the molecule is C=CC(=O)Oc1cccc(-n2nc3ccccc3n2)c1. The van der Waals surface area contributed by atoms with Gasteiger partial charge in [-0.05, 0) is 24.3 Å². The van der Waals surface area contributed by atoms with Gasteiger partial charge in [0, 0.05) is 12.1 Å². The van der Waals surface area contributed by atoms with Gasteiger partial charge >= 0.3 is 5.97 Å². The Hall–Kier alpha value is -2.95. The van der Waals surface area contributed by atoms with E-state index in [-0.39, 0.29) is 0 Å². The number of rotatable bonds is 3. The van der Waals surface area contributed by atoms with Crippen molar-refractivity contribution in [3.05, 3.63) is 61.2 Å². The van der Waals surface area contributed by atoms with Gasteiger partial charge in [-0.1, -0.05) is 24.8 Å². The molecule has 1 aromatic heterocycles. The smallest absolute Gasteiger partial charge is 0.335 e. The van der Waals surface area contributed by atoms with Crippen molar-refractivity contribution < 1.29 is 9.53 Å². The van der Waals surface area contributed by atoms with Crippen LogP contribution in [0.5, 0.6) is 5.75 Å². The van der Waals surface area contributed by atoms with Crippen LogP contribution in [-0.4, -0.2) is 21.0 Å². The molecule has 1 heterocycles. The maximum absolute atomic E-state index is 11.2. The largest absolute Gasteiger partial charge is 0.423 e. The Kier molecular flexibility index (Phi) is 3.01. The molecule has 0 saturated heterocycles. The second-order valence-electron chi connectivity index (χ2n) is 4.10. The van der Waals surface area contributed by atoms with Gasteiger partial charge in [0.2, 0.25) is 0 Å². The maximum atomic E-state index is 11.2. The number of hydrogen-bond donors (Lipinski definition) is 0. The molecular formula is C15H11N3O2. The molecule has 0 spiro atoms. The maximum Gasteiger partial charge on any atom is 0.335 e. The zero-order valence-corrected chi connectivity index (χ0v) is 10.6. The molecule has 98 valence electrons. The number of esters is 1. The second-order valence-corrected chi connectivity index (χ2v) is 4.10. The quantitative estimate of drug-likeness (QED) is 0.415. The highest BCUT2D eigenvalue weighted by Gasteiger charge is 2.06. The molecule has 20 heavy (non-hydrogen) atoms. The summed E-state index contributed by atoms with van der Waals surface area (Å²) in [7, 11) is 0. The van der Waals surface area contributed by atoms with Gasteiger partial charge in [0.05, 0.1) is 5.69 Å². The average molecular weight is 265 g/mol. The second kappa shape index (κ2) is 4.97. The van der Waals surface area contributed by atoms with E-state index < -0.39 is 5.97 Å². The van der Waals surface area contributed by atoms with Gasteiger partial charge in [0.15, 0.2) is 0 Å². The fourth-order valence-electron chi connectivity index (χ4n) is 1.80. The molecule has 5 nitrogen and oxygen atoms in total. The number of nitrogens with zero attached hydrogens (tertiary/aromatic N) is 3. The lowest BCUT2D eigenvalue weighted by molar-refractivity contribution is -0.128. The first kappa shape index (κ1) is 12.1. The summed E-state index contributed by atoms with van der Waals surface area (Å²) in [5.41, 5.74) is 2.33. The Labute approximate surface area is 115 Å². The summed E-state index contributed by atoms with van der Waals surface area (Å²) >= 11 is 0. The van der Waals surface area contributed by atoms with E-state index in [0.717, 1.165) is 22.8 Å². The van der Waals surface area contributed by atoms with Crippen LogP contribution in [0.25, 0.3) is 16.7 Å². The van der Waals surface area contributed by atoms with Crippen LogP contribution in [0, 0.1) is 0 Å². The summed E-state index contributed by atoms with van der Waals surface area (Å²) in [5.74, 6) is -0.0745. The van der Waals surface area contributed by atoms with Crippen molar-refractivity contribution >= 4 is 17.0 Å². The van der Waals surface area contributed by atoms with E-state index in [2.05, 4.69) is 16.8 Å². The van der Waals surface area contributed by atoms with Crippen molar-refractivity contribution in [3.8, 4) is 11.4 Å².